The van der Waals surface area contributed by atoms with E-state index in [1.165, 1.54) is 12.0 Å². The van der Waals surface area contributed by atoms with Crippen LogP contribution < -0.4 is 11.1 Å². The molecule has 0 heterocycles. The molecule has 110 valence electrons. The van der Waals surface area contributed by atoms with Crippen LogP contribution in [0.25, 0.3) is 0 Å². The summed E-state index contributed by atoms with van der Waals surface area (Å²) in [5.74, 6) is 0.990. The molecule has 0 aliphatic heterocycles. The van der Waals surface area contributed by atoms with Crippen molar-refractivity contribution in [3.05, 3.63) is 29.8 Å². The number of nitrogens with one attached hydrogen (secondary N) is 1. The molecule has 1 aromatic carbocycles. The van der Waals surface area contributed by atoms with Crippen molar-refractivity contribution in [1.29, 1.82) is 0 Å². The van der Waals surface area contributed by atoms with Gasteiger partial charge in [0.1, 0.15) is 0 Å². The normalized spacial score (nSPS) is 26.6. The van der Waals surface area contributed by atoms with Gasteiger partial charge in [-0.15, -0.1) is 0 Å². The molecular formula is C17H26N2O. The highest BCUT2D eigenvalue weighted by atomic mass is 16.2. The van der Waals surface area contributed by atoms with E-state index in [2.05, 4.69) is 38.2 Å². The van der Waals surface area contributed by atoms with Crippen LogP contribution in [-0.4, -0.2) is 11.4 Å². The molecule has 0 radical (unpaired) electrons. The Hall–Kier alpha value is -1.35. The first-order valence-corrected chi connectivity index (χ1v) is 7.61. The Morgan fingerprint density at radius 1 is 1.35 bits per heavy atom. The fourth-order valence-corrected chi connectivity index (χ4v) is 3.01. The van der Waals surface area contributed by atoms with Gasteiger partial charge < -0.3 is 11.1 Å². The van der Waals surface area contributed by atoms with E-state index in [0.29, 0.717) is 11.8 Å². The average molecular weight is 274 g/mol. The first-order chi connectivity index (χ1) is 9.40. The lowest BCUT2D eigenvalue weighted by atomic mass is 9.76. The lowest BCUT2D eigenvalue weighted by molar-refractivity contribution is -0.122. The molecule has 20 heavy (non-hydrogen) atoms. The molecule has 1 aliphatic carbocycles. The van der Waals surface area contributed by atoms with Gasteiger partial charge in [-0.05, 0) is 42.4 Å². The van der Waals surface area contributed by atoms with Gasteiger partial charge in [-0.25, -0.2) is 0 Å². The van der Waals surface area contributed by atoms with E-state index in [4.69, 9.17) is 5.73 Å². The van der Waals surface area contributed by atoms with Crippen LogP contribution in [0, 0.1) is 5.92 Å². The van der Waals surface area contributed by atoms with Crippen LogP contribution in [0.15, 0.2) is 24.3 Å². The number of benzene rings is 1. The van der Waals surface area contributed by atoms with Gasteiger partial charge in [0.05, 0.1) is 5.54 Å². The molecule has 3 nitrogen and oxygen atoms in total. The maximum absolute atomic E-state index is 12.4. The zero-order valence-corrected chi connectivity index (χ0v) is 12.8. The van der Waals surface area contributed by atoms with Crippen LogP contribution in [0.3, 0.4) is 0 Å². The maximum atomic E-state index is 12.4. The van der Waals surface area contributed by atoms with Crippen LogP contribution in [0.5, 0.6) is 0 Å². The largest absolute Gasteiger partial charge is 0.324 e. The minimum absolute atomic E-state index is 0.0404. The van der Waals surface area contributed by atoms with Gasteiger partial charge in [0, 0.05) is 5.69 Å². The van der Waals surface area contributed by atoms with Crippen molar-refractivity contribution in [2.24, 2.45) is 11.7 Å². The minimum Gasteiger partial charge on any atom is -0.324 e. The third-order valence-electron chi connectivity index (χ3n) is 4.32. The summed E-state index contributed by atoms with van der Waals surface area (Å²) in [6.45, 7) is 6.49. The topological polar surface area (TPSA) is 55.1 Å². The molecule has 0 spiro atoms. The van der Waals surface area contributed by atoms with Gasteiger partial charge in [-0.3, -0.25) is 4.79 Å². The number of hydrogen-bond donors (Lipinski definition) is 2. The number of rotatable bonds is 3. The maximum Gasteiger partial charge on any atom is 0.244 e. The molecule has 2 unspecified atom stereocenters. The van der Waals surface area contributed by atoms with E-state index in [0.717, 1.165) is 24.9 Å². The SMILES string of the molecule is CC1CCCC(N)(C(=O)Nc2ccc(C(C)C)cc2)C1. The number of carbonyl (C=O) groups excluding carboxylic acids is 1. The van der Waals surface area contributed by atoms with Crippen LogP contribution in [0.4, 0.5) is 5.69 Å². The number of nitrogens with two attached hydrogens (primary N) is 1. The summed E-state index contributed by atoms with van der Waals surface area (Å²) in [6.07, 6.45) is 3.78. The molecule has 2 rings (SSSR count). The second-order valence-corrected chi connectivity index (χ2v) is 6.59. The number of hydrogen-bond acceptors (Lipinski definition) is 2. The Morgan fingerprint density at radius 3 is 2.55 bits per heavy atom. The van der Waals surface area contributed by atoms with Crippen LogP contribution in [0.1, 0.15) is 57.9 Å². The number of amides is 1. The Labute approximate surface area is 121 Å². The second kappa shape index (κ2) is 5.96. The molecule has 1 saturated carbocycles. The predicted octanol–water partition coefficient (Wildman–Crippen LogP) is 3.66. The van der Waals surface area contributed by atoms with Crippen molar-refractivity contribution in [2.45, 2.75) is 57.9 Å². The Morgan fingerprint density at radius 2 is 2.00 bits per heavy atom. The van der Waals surface area contributed by atoms with Gasteiger partial charge in [0.2, 0.25) is 5.91 Å². The van der Waals surface area contributed by atoms with Gasteiger partial charge in [-0.1, -0.05) is 45.7 Å². The van der Waals surface area contributed by atoms with Gasteiger partial charge in [0.15, 0.2) is 0 Å². The van der Waals surface area contributed by atoms with Crippen molar-refractivity contribution >= 4 is 11.6 Å². The summed E-state index contributed by atoms with van der Waals surface area (Å²) in [6, 6.07) is 8.05. The molecule has 3 N–H and O–H groups in total. The number of carbonyl (C=O) groups is 1. The predicted molar refractivity (Wildman–Crippen MR) is 83.7 cm³/mol. The molecule has 0 bridgehead atoms. The molecule has 2 atom stereocenters. The first kappa shape index (κ1) is 15.0. The summed E-state index contributed by atoms with van der Waals surface area (Å²) in [5.41, 5.74) is 7.72. The Kier molecular flexibility index (Phi) is 4.48. The molecule has 0 aromatic heterocycles. The first-order valence-electron chi connectivity index (χ1n) is 7.61. The highest BCUT2D eigenvalue weighted by molar-refractivity contribution is 5.98. The lowest BCUT2D eigenvalue weighted by Gasteiger charge is -2.35. The second-order valence-electron chi connectivity index (χ2n) is 6.59. The fourth-order valence-electron chi connectivity index (χ4n) is 3.01. The van der Waals surface area contributed by atoms with E-state index in [1.54, 1.807) is 0 Å². The standard InChI is InChI=1S/C17H26N2O/c1-12(2)14-6-8-15(9-7-14)19-16(20)17(18)10-4-5-13(3)11-17/h6-9,12-13H,4-5,10-11,18H2,1-3H3,(H,19,20). The molecule has 1 aliphatic rings. The zero-order chi connectivity index (χ0) is 14.8. The Balaban J connectivity index is 2.03. The van der Waals surface area contributed by atoms with Gasteiger partial charge in [0.25, 0.3) is 0 Å². The van der Waals surface area contributed by atoms with Crippen LogP contribution >= 0.6 is 0 Å². The Bertz CT molecular complexity index is 466. The van der Waals surface area contributed by atoms with Crippen molar-refractivity contribution in [3.8, 4) is 0 Å². The van der Waals surface area contributed by atoms with Crippen molar-refractivity contribution in [1.82, 2.24) is 0 Å². The van der Waals surface area contributed by atoms with E-state index in [1.807, 2.05) is 12.1 Å². The monoisotopic (exact) mass is 274 g/mol. The van der Waals surface area contributed by atoms with Gasteiger partial charge >= 0.3 is 0 Å². The zero-order valence-electron chi connectivity index (χ0n) is 12.8. The van der Waals surface area contributed by atoms with Crippen molar-refractivity contribution in [3.63, 3.8) is 0 Å². The van der Waals surface area contributed by atoms with Gasteiger partial charge in [-0.2, -0.15) is 0 Å². The average Bonchev–Trinajstić information content (AvgIpc) is 2.39. The molecule has 0 saturated heterocycles. The molecular weight excluding hydrogens is 248 g/mol. The third kappa shape index (κ3) is 3.40. The minimum atomic E-state index is -0.700. The highest BCUT2D eigenvalue weighted by Gasteiger charge is 2.37. The summed E-state index contributed by atoms with van der Waals surface area (Å²) < 4.78 is 0. The van der Waals surface area contributed by atoms with Crippen LogP contribution in [0.2, 0.25) is 0 Å². The molecule has 1 amide bonds. The summed E-state index contributed by atoms with van der Waals surface area (Å²) in [4.78, 5) is 12.4. The van der Waals surface area contributed by atoms with E-state index in [9.17, 15) is 4.79 Å². The fraction of sp³-hybridized carbons (Fsp3) is 0.588. The third-order valence-corrected chi connectivity index (χ3v) is 4.32. The van der Waals surface area contributed by atoms with Crippen LogP contribution in [-0.2, 0) is 4.79 Å². The lowest BCUT2D eigenvalue weighted by Crippen LogP contribution is -2.53. The quantitative estimate of drug-likeness (QED) is 0.884. The molecule has 1 aromatic rings. The summed E-state index contributed by atoms with van der Waals surface area (Å²) in [7, 11) is 0. The molecule has 1 fully saturated rings. The highest BCUT2D eigenvalue weighted by Crippen LogP contribution is 2.31. The van der Waals surface area contributed by atoms with E-state index < -0.39 is 5.54 Å². The van der Waals surface area contributed by atoms with E-state index >= 15 is 0 Å². The molecule has 3 heteroatoms. The number of anilines is 1. The summed E-state index contributed by atoms with van der Waals surface area (Å²) in [5, 5.41) is 2.97. The summed E-state index contributed by atoms with van der Waals surface area (Å²) >= 11 is 0. The van der Waals surface area contributed by atoms with Crippen molar-refractivity contribution < 1.29 is 4.79 Å². The van der Waals surface area contributed by atoms with Crippen molar-refractivity contribution in [2.75, 3.05) is 5.32 Å². The smallest absolute Gasteiger partial charge is 0.244 e. The van der Waals surface area contributed by atoms with E-state index in [-0.39, 0.29) is 5.91 Å².